The van der Waals surface area contributed by atoms with Crippen LogP contribution in [-0.2, 0) is 6.42 Å². The Morgan fingerprint density at radius 2 is 1.97 bits per heavy atom. The number of nitrogens with zero attached hydrogens (tertiary/aromatic N) is 3. The minimum Gasteiger partial charge on any atom is -0.497 e. The molecule has 0 radical (unpaired) electrons. The molecule has 1 saturated heterocycles. The topological polar surface area (TPSA) is 51.0 Å². The molecule has 0 amide bonds. The van der Waals surface area contributed by atoms with E-state index < -0.39 is 0 Å². The van der Waals surface area contributed by atoms with Crippen molar-refractivity contribution in [1.82, 2.24) is 9.88 Å². The van der Waals surface area contributed by atoms with E-state index >= 15 is 0 Å². The fraction of sp³-hybridized carbons (Fsp3) is 0.435. The van der Waals surface area contributed by atoms with Gasteiger partial charge in [-0.25, -0.2) is 4.98 Å². The van der Waals surface area contributed by atoms with Crippen LogP contribution in [0.4, 0.5) is 5.82 Å². The summed E-state index contributed by atoms with van der Waals surface area (Å²) in [5, 5.41) is 1.16. The van der Waals surface area contributed by atoms with Gasteiger partial charge < -0.3 is 18.8 Å². The second-order valence-corrected chi connectivity index (χ2v) is 7.31. The maximum absolute atomic E-state index is 5.74. The molecule has 0 bridgehead atoms. The molecule has 30 heavy (non-hydrogen) atoms. The number of aromatic nitrogens is 1. The van der Waals surface area contributed by atoms with Crippen LogP contribution in [-0.4, -0.2) is 56.3 Å². The van der Waals surface area contributed by atoms with Gasteiger partial charge >= 0.3 is 0 Å². The van der Waals surface area contributed by atoms with Crippen molar-refractivity contribution in [1.29, 1.82) is 0 Å². The van der Waals surface area contributed by atoms with Gasteiger partial charge in [-0.2, -0.15) is 0 Å². The fourth-order valence-corrected chi connectivity index (χ4v) is 3.95. The summed E-state index contributed by atoms with van der Waals surface area (Å²) in [5.41, 5.74) is 2.18. The summed E-state index contributed by atoms with van der Waals surface area (Å²) in [7, 11) is 1.70. The highest BCUT2D eigenvalue weighted by molar-refractivity contribution is 5.85. The largest absolute Gasteiger partial charge is 0.497 e. The molecule has 3 heterocycles. The zero-order valence-corrected chi connectivity index (χ0v) is 18.5. The second-order valence-electron chi connectivity index (χ2n) is 7.31. The van der Waals surface area contributed by atoms with Gasteiger partial charge in [0.2, 0.25) is 0 Å². The van der Waals surface area contributed by atoms with E-state index in [1.165, 1.54) is 5.56 Å². The first-order valence-corrected chi connectivity index (χ1v) is 10.4. The van der Waals surface area contributed by atoms with E-state index in [9.17, 15) is 0 Å². The molecule has 1 aromatic carbocycles. The number of ether oxygens (including phenoxy) is 2. The average molecular weight is 432 g/mol. The van der Waals surface area contributed by atoms with Crippen LogP contribution in [0.5, 0.6) is 11.5 Å². The van der Waals surface area contributed by atoms with Gasteiger partial charge in [-0.3, -0.25) is 4.90 Å². The zero-order valence-electron chi connectivity index (χ0n) is 17.7. The minimum absolute atomic E-state index is 0. The van der Waals surface area contributed by atoms with E-state index in [1.807, 2.05) is 43.6 Å². The third-order valence-electron chi connectivity index (χ3n) is 5.50. The van der Waals surface area contributed by atoms with Gasteiger partial charge in [-0.15, -0.1) is 12.4 Å². The number of methoxy groups -OCH3 is 1. The first-order valence-electron chi connectivity index (χ1n) is 10.4. The molecule has 1 fully saturated rings. The van der Waals surface area contributed by atoms with Crippen LogP contribution in [0.2, 0.25) is 0 Å². The molecule has 1 aliphatic rings. The number of fused-ring (bicyclic) bond motifs is 1. The van der Waals surface area contributed by atoms with Gasteiger partial charge in [0.15, 0.2) is 11.6 Å². The lowest BCUT2D eigenvalue weighted by atomic mass is 10.1. The van der Waals surface area contributed by atoms with E-state index in [0.717, 1.165) is 73.9 Å². The number of piperazine rings is 1. The Labute approximate surface area is 184 Å². The molecule has 6 nitrogen and oxygen atoms in total. The Kier molecular flexibility index (Phi) is 7.82. The van der Waals surface area contributed by atoms with Crippen LogP contribution < -0.4 is 14.4 Å². The second kappa shape index (κ2) is 10.5. The quantitative estimate of drug-likeness (QED) is 0.526. The normalized spacial score (nSPS) is 14.5. The number of hydrogen-bond acceptors (Lipinski definition) is 6. The van der Waals surface area contributed by atoms with E-state index in [-0.39, 0.29) is 12.4 Å². The van der Waals surface area contributed by atoms with Crippen molar-refractivity contribution in [3.05, 3.63) is 48.4 Å². The van der Waals surface area contributed by atoms with Gasteiger partial charge in [-0.1, -0.05) is 0 Å². The molecule has 0 N–H and O–H groups in total. The summed E-state index contributed by atoms with van der Waals surface area (Å²) < 4.78 is 16.8. The van der Waals surface area contributed by atoms with Crippen LogP contribution >= 0.6 is 12.4 Å². The number of aryl methyl sites for hydroxylation is 1. The van der Waals surface area contributed by atoms with Crippen LogP contribution in [0, 0.1) is 0 Å². The molecule has 2 aromatic heterocycles. The smallest absolute Gasteiger partial charge is 0.171 e. The Balaban J connectivity index is 0.00000256. The minimum atomic E-state index is 0. The van der Waals surface area contributed by atoms with Crippen LogP contribution in [0.15, 0.2) is 47.2 Å². The molecular weight excluding hydrogens is 402 g/mol. The molecule has 0 unspecified atom stereocenters. The number of anilines is 1. The highest BCUT2D eigenvalue weighted by Crippen LogP contribution is 2.28. The van der Waals surface area contributed by atoms with Gasteiger partial charge in [0, 0.05) is 37.8 Å². The summed E-state index contributed by atoms with van der Waals surface area (Å²) >= 11 is 0. The number of furan rings is 1. The molecule has 162 valence electrons. The molecule has 7 heteroatoms. The van der Waals surface area contributed by atoms with Crippen molar-refractivity contribution >= 4 is 29.2 Å². The van der Waals surface area contributed by atoms with Crippen LogP contribution in [0.1, 0.15) is 18.9 Å². The van der Waals surface area contributed by atoms with Crippen molar-refractivity contribution < 1.29 is 13.9 Å². The molecule has 4 rings (SSSR count). The Morgan fingerprint density at radius 3 is 2.73 bits per heavy atom. The maximum atomic E-state index is 5.74. The van der Waals surface area contributed by atoms with Gasteiger partial charge in [-0.05, 0) is 62.2 Å². The lowest BCUT2D eigenvalue weighted by Crippen LogP contribution is -2.47. The monoisotopic (exact) mass is 431 g/mol. The van der Waals surface area contributed by atoms with Crippen molar-refractivity contribution in [3.63, 3.8) is 0 Å². The maximum Gasteiger partial charge on any atom is 0.171 e. The third kappa shape index (κ3) is 4.99. The molecule has 0 atom stereocenters. The van der Waals surface area contributed by atoms with Gasteiger partial charge in [0.05, 0.1) is 20.0 Å². The third-order valence-corrected chi connectivity index (χ3v) is 5.50. The van der Waals surface area contributed by atoms with Crippen molar-refractivity contribution in [3.8, 4) is 11.5 Å². The molecular formula is C23H30ClN3O3. The zero-order chi connectivity index (χ0) is 20.1. The van der Waals surface area contributed by atoms with Crippen molar-refractivity contribution in [2.75, 3.05) is 51.3 Å². The van der Waals surface area contributed by atoms with E-state index in [2.05, 4.69) is 20.9 Å². The summed E-state index contributed by atoms with van der Waals surface area (Å²) in [6, 6.07) is 9.91. The lowest BCUT2D eigenvalue weighted by molar-refractivity contribution is 0.253. The van der Waals surface area contributed by atoms with E-state index in [1.54, 1.807) is 7.11 Å². The first-order chi connectivity index (χ1) is 14.3. The summed E-state index contributed by atoms with van der Waals surface area (Å²) in [6.07, 6.45) is 5.85. The molecule has 1 aliphatic heterocycles. The molecule has 0 saturated carbocycles. The van der Waals surface area contributed by atoms with Gasteiger partial charge in [0.25, 0.3) is 0 Å². The standard InChI is InChI=1S/C23H29N3O3.ClH/c1-3-28-22-7-4-10-24-23(22)26-14-12-25(13-15-26)11-5-6-18-17-29-21-9-8-19(27-2)16-20(18)21;/h4,7-10,16-17H,3,5-6,11-15H2,1-2H3;1H. The van der Waals surface area contributed by atoms with Gasteiger partial charge in [0.1, 0.15) is 11.3 Å². The first kappa shape index (κ1) is 22.2. The highest BCUT2D eigenvalue weighted by atomic mass is 35.5. The summed E-state index contributed by atoms with van der Waals surface area (Å²) in [5.74, 6) is 2.72. The van der Waals surface area contributed by atoms with E-state index in [0.29, 0.717) is 6.61 Å². The molecule has 0 spiro atoms. The van der Waals surface area contributed by atoms with Crippen molar-refractivity contribution in [2.45, 2.75) is 19.8 Å². The van der Waals surface area contributed by atoms with Crippen LogP contribution in [0.25, 0.3) is 11.0 Å². The van der Waals surface area contributed by atoms with Crippen LogP contribution in [0.3, 0.4) is 0 Å². The summed E-state index contributed by atoms with van der Waals surface area (Å²) in [6.45, 7) is 7.79. The molecule has 0 aliphatic carbocycles. The van der Waals surface area contributed by atoms with Crippen molar-refractivity contribution in [2.24, 2.45) is 0 Å². The fourth-order valence-electron chi connectivity index (χ4n) is 3.95. The lowest BCUT2D eigenvalue weighted by Gasteiger charge is -2.35. The SMILES string of the molecule is CCOc1cccnc1N1CCN(CCCc2coc3ccc(OC)cc23)CC1.Cl. The average Bonchev–Trinajstić information content (AvgIpc) is 3.17. The predicted molar refractivity (Wildman–Crippen MR) is 122 cm³/mol. The van der Waals surface area contributed by atoms with E-state index in [4.69, 9.17) is 13.9 Å². The Bertz CT molecular complexity index is 938. The predicted octanol–water partition coefficient (Wildman–Crippen LogP) is 4.41. The number of hydrogen-bond donors (Lipinski definition) is 0. The highest BCUT2D eigenvalue weighted by Gasteiger charge is 2.20. The Morgan fingerprint density at radius 1 is 1.13 bits per heavy atom. The number of rotatable bonds is 8. The number of benzene rings is 1. The Hall–Kier alpha value is -2.44. The number of pyridine rings is 1. The number of halogens is 1. The molecule has 3 aromatic rings. The summed E-state index contributed by atoms with van der Waals surface area (Å²) in [4.78, 5) is 9.41.